The molecule has 0 spiro atoms. The van der Waals surface area contributed by atoms with E-state index in [9.17, 15) is 13.2 Å². The fourth-order valence-corrected chi connectivity index (χ4v) is 2.03. The van der Waals surface area contributed by atoms with Crippen LogP contribution in [0.1, 0.15) is 24.9 Å². The molecule has 0 aliphatic carbocycles. The van der Waals surface area contributed by atoms with Crippen molar-refractivity contribution in [2.24, 2.45) is 5.73 Å². The van der Waals surface area contributed by atoms with Crippen LogP contribution >= 0.6 is 0 Å². The molecule has 2 rings (SSSR count). The third kappa shape index (κ3) is 3.04. The Morgan fingerprint density at radius 2 is 1.95 bits per heavy atom. The van der Waals surface area contributed by atoms with Crippen LogP contribution in [0.15, 0.2) is 36.4 Å². The number of ether oxygens (including phenoxy) is 1. The first-order valence-electron chi connectivity index (χ1n) is 6.41. The molecule has 2 aromatic rings. The van der Waals surface area contributed by atoms with Crippen molar-refractivity contribution in [3.8, 4) is 5.75 Å². The van der Waals surface area contributed by atoms with Crippen LogP contribution in [0.2, 0.25) is 0 Å². The van der Waals surface area contributed by atoms with Gasteiger partial charge >= 0.3 is 6.18 Å². The molecule has 2 nitrogen and oxygen atoms in total. The Kier molecular flexibility index (Phi) is 4.18. The highest BCUT2D eigenvalue weighted by Gasteiger charge is 2.38. The Morgan fingerprint density at radius 3 is 2.60 bits per heavy atom. The van der Waals surface area contributed by atoms with Crippen LogP contribution < -0.4 is 10.5 Å². The van der Waals surface area contributed by atoms with Gasteiger partial charge in [0.2, 0.25) is 0 Å². The van der Waals surface area contributed by atoms with E-state index in [1.165, 1.54) is 6.07 Å². The van der Waals surface area contributed by atoms with Gasteiger partial charge in [0.15, 0.2) is 0 Å². The molecule has 1 atom stereocenters. The summed E-state index contributed by atoms with van der Waals surface area (Å²) in [7, 11) is 0. The molecule has 20 heavy (non-hydrogen) atoms. The van der Waals surface area contributed by atoms with Gasteiger partial charge in [0.05, 0.1) is 6.61 Å². The highest BCUT2D eigenvalue weighted by Crippen LogP contribution is 2.35. The Balaban J connectivity index is 2.48. The predicted molar refractivity (Wildman–Crippen MR) is 72.7 cm³/mol. The van der Waals surface area contributed by atoms with Crippen LogP contribution in [-0.2, 0) is 0 Å². The van der Waals surface area contributed by atoms with Crippen molar-refractivity contribution in [2.75, 3.05) is 6.61 Å². The summed E-state index contributed by atoms with van der Waals surface area (Å²) < 4.78 is 43.9. The molecule has 0 fully saturated rings. The summed E-state index contributed by atoms with van der Waals surface area (Å²) in [4.78, 5) is 0. The summed E-state index contributed by atoms with van der Waals surface area (Å²) in [5, 5.41) is 1.19. The summed E-state index contributed by atoms with van der Waals surface area (Å²) in [6, 6.07) is 7.86. The van der Waals surface area contributed by atoms with Crippen LogP contribution in [0, 0.1) is 0 Å². The molecular weight excluding hydrogens is 267 g/mol. The van der Waals surface area contributed by atoms with Gasteiger partial charge in [-0.05, 0) is 34.9 Å². The van der Waals surface area contributed by atoms with Gasteiger partial charge in [-0.1, -0.05) is 31.2 Å². The van der Waals surface area contributed by atoms with Gasteiger partial charge in [-0.25, -0.2) is 0 Å². The zero-order valence-electron chi connectivity index (χ0n) is 11.1. The van der Waals surface area contributed by atoms with Crippen molar-refractivity contribution in [3.05, 3.63) is 42.0 Å². The van der Waals surface area contributed by atoms with Crippen LogP contribution in [0.5, 0.6) is 5.75 Å². The minimum absolute atomic E-state index is 0.0666. The number of rotatable bonds is 4. The zero-order chi connectivity index (χ0) is 14.8. The normalized spacial score (nSPS) is 13.4. The number of benzene rings is 2. The number of halogens is 3. The molecule has 2 N–H and O–H groups in total. The second-order valence-corrected chi connectivity index (χ2v) is 4.60. The van der Waals surface area contributed by atoms with Gasteiger partial charge in [0.25, 0.3) is 0 Å². The van der Waals surface area contributed by atoms with Gasteiger partial charge in [0.1, 0.15) is 11.8 Å². The molecule has 0 saturated carbocycles. The predicted octanol–water partition coefficient (Wildman–Crippen LogP) is 4.19. The van der Waals surface area contributed by atoms with E-state index in [4.69, 9.17) is 10.5 Å². The summed E-state index contributed by atoms with van der Waals surface area (Å²) in [5.74, 6) is 0.557. The van der Waals surface area contributed by atoms with Crippen molar-refractivity contribution in [1.82, 2.24) is 0 Å². The molecule has 108 valence electrons. The molecule has 0 aliphatic rings. The van der Waals surface area contributed by atoms with Crippen molar-refractivity contribution < 1.29 is 17.9 Å². The molecule has 0 amide bonds. The maximum absolute atomic E-state index is 12.8. The fraction of sp³-hybridized carbons (Fsp3) is 0.333. The number of hydrogen-bond donors (Lipinski definition) is 1. The minimum Gasteiger partial charge on any atom is -0.494 e. The third-order valence-electron chi connectivity index (χ3n) is 3.05. The van der Waals surface area contributed by atoms with E-state index in [-0.39, 0.29) is 5.56 Å². The van der Waals surface area contributed by atoms with Crippen molar-refractivity contribution >= 4 is 10.8 Å². The van der Waals surface area contributed by atoms with Gasteiger partial charge in [-0.2, -0.15) is 13.2 Å². The monoisotopic (exact) mass is 283 g/mol. The fourth-order valence-electron chi connectivity index (χ4n) is 2.03. The number of nitrogens with two attached hydrogens (primary N) is 1. The van der Waals surface area contributed by atoms with Crippen LogP contribution in [0.25, 0.3) is 10.8 Å². The van der Waals surface area contributed by atoms with E-state index in [1.54, 1.807) is 30.3 Å². The standard InChI is InChI=1S/C15H16F3NO/c1-2-8-20-11-7-6-10-4-3-5-12(13(10)9-11)14(19)15(16,17)18/h3-7,9,14H,2,8,19H2,1H3/t14-/m0/s1. The maximum Gasteiger partial charge on any atom is 0.407 e. The van der Waals surface area contributed by atoms with Gasteiger partial charge in [-0.15, -0.1) is 0 Å². The maximum atomic E-state index is 12.8. The van der Waals surface area contributed by atoms with Gasteiger partial charge < -0.3 is 10.5 Å². The smallest absolute Gasteiger partial charge is 0.407 e. The molecule has 5 heteroatoms. The largest absolute Gasteiger partial charge is 0.494 e. The molecule has 0 saturated heterocycles. The summed E-state index contributed by atoms with van der Waals surface area (Å²) in [6.45, 7) is 2.49. The SMILES string of the molecule is CCCOc1ccc2cccc([C@H](N)C(F)(F)F)c2c1. The summed E-state index contributed by atoms with van der Waals surface area (Å²) in [5.41, 5.74) is 5.39. The molecule has 2 aromatic carbocycles. The minimum atomic E-state index is -4.46. The Hall–Kier alpha value is -1.75. The quantitative estimate of drug-likeness (QED) is 0.913. The average Bonchev–Trinajstić information content (AvgIpc) is 2.42. The molecule has 0 aliphatic heterocycles. The highest BCUT2D eigenvalue weighted by atomic mass is 19.4. The van der Waals surface area contributed by atoms with Gasteiger partial charge in [0, 0.05) is 0 Å². The first-order valence-corrected chi connectivity index (χ1v) is 6.41. The van der Waals surface area contributed by atoms with E-state index >= 15 is 0 Å². The zero-order valence-corrected chi connectivity index (χ0v) is 11.1. The van der Waals surface area contributed by atoms with Crippen molar-refractivity contribution in [1.29, 1.82) is 0 Å². The second kappa shape index (κ2) is 5.71. The topological polar surface area (TPSA) is 35.2 Å². The van der Waals surface area contributed by atoms with Crippen molar-refractivity contribution in [3.63, 3.8) is 0 Å². The first kappa shape index (κ1) is 14.7. The van der Waals surface area contributed by atoms with Crippen molar-refractivity contribution in [2.45, 2.75) is 25.6 Å². The lowest BCUT2D eigenvalue weighted by Gasteiger charge is -2.18. The van der Waals surface area contributed by atoms with E-state index < -0.39 is 12.2 Å². The average molecular weight is 283 g/mol. The number of hydrogen-bond acceptors (Lipinski definition) is 2. The number of alkyl halides is 3. The van der Waals surface area contributed by atoms with E-state index in [2.05, 4.69) is 0 Å². The Morgan fingerprint density at radius 1 is 1.20 bits per heavy atom. The molecule has 0 unspecified atom stereocenters. The lowest BCUT2D eigenvalue weighted by Crippen LogP contribution is -2.28. The summed E-state index contributed by atoms with van der Waals surface area (Å²) >= 11 is 0. The lowest BCUT2D eigenvalue weighted by atomic mass is 9.98. The molecular formula is C15H16F3NO. The van der Waals surface area contributed by atoms with Crippen LogP contribution in [0.3, 0.4) is 0 Å². The van der Waals surface area contributed by atoms with E-state index in [0.29, 0.717) is 23.1 Å². The summed E-state index contributed by atoms with van der Waals surface area (Å²) in [6.07, 6.45) is -3.63. The first-order chi connectivity index (χ1) is 9.43. The lowest BCUT2D eigenvalue weighted by molar-refractivity contribution is -0.148. The molecule has 0 aromatic heterocycles. The van der Waals surface area contributed by atoms with Crippen LogP contribution in [-0.4, -0.2) is 12.8 Å². The Labute approximate surface area is 115 Å². The molecule has 0 heterocycles. The second-order valence-electron chi connectivity index (χ2n) is 4.60. The van der Waals surface area contributed by atoms with E-state index in [0.717, 1.165) is 6.42 Å². The molecule has 0 radical (unpaired) electrons. The molecule has 0 bridgehead atoms. The third-order valence-corrected chi connectivity index (χ3v) is 3.05. The number of fused-ring (bicyclic) bond motifs is 1. The Bertz CT molecular complexity index is 595. The highest BCUT2D eigenvalue weighted by molar-refractivity contribution is 5.87. The van der Waals surface area contributed by atoms with Gasteiger partial charge in [-0.3, -0.25) is 0 Å². The van der Waals surface area contributed by atoms with Crippen LogP contribution in [0.4, 0.5) is 13.2 Å². The van der Waals surface area contributed by atoms with E-state index in [1.807, 2.05) is 6.92 Å².